The Labute approximate surface area is 122 Å². The van der Waals surface area contributed by atoms with Crippen LogP contribution in [0.1, 0.15) is 18.9 Å². The molecule has 1 aliphatic rings. The van der Waals surface area contributed by atoms with Gasteiger partial charge in [0.1, 0.15) is 5.92 Å². The van der Waals surface area contributed by atoms with Crippen molar-refractivity contribution in [2.24, 2.45) is 5.92 Å². The standard InChI is InChI=1S/C14H19NO4S/c1-2-4-15(12-8-19-7-11(12)14(17)18)13(16)6-10-3-5-20-9-10/h3,5,9,11-12H,2,4,6-8H2,1H3,(H,17,18). The van der Waals surface area contributed by atoms with Gasteiger partial charge in [0.15, 0.2) is 0 Å². The van der Waals surface area contributed by atoms with Gasteiger partial charge in [-0.2, -0.15) is 11.3 Å². The highest BCUT2D eigenvalue weighted by Gasteiger charge is 2.39. The number of carbonyl (C=O) groups excluding carboxylic acids is 1. The summed E-state index contributed by atoms with van der Waals surface area (Å²) in [4.78, 5) is 25.4. The van der Waals surface area contributed by atoms with E-state index < -0.39 is 11.9 Å². The third kappa shape index (κ3) is 3.37. The summed E-state index contributed by atoms with van der Waals surface area (Å²) < 4.78 is 5.27. The van der Waals surface area contributed by atoms with E-state index in [2.05, 4.69) is 0 Å². The minimum Gasteiger partial charge on any atom is -0.481 e. The smallest absolute Gasteiger partial charge is 0.311 e. The van der Waals surface area contributed by atoms with Gasteiger partial charge in [-0.05, 0) is 28.8 Å². The lowest BCUT2D eigenvalue weighted by Crippen LogP contribution is -2.47. The zero-order chi connectivity index (χ0) is 14.5. The van der Waals surface area contributed by atoms with Gasteiger partial charge in [0.25, 0.3) is 0 Å². The zero-order valence-electron chi connectivity index (χ0n) is 11.4. The second-order valence-corrected chi connectivity index (χ2v) is 5.73. The molecule has 0 aromatic carbocycles. The maximum absolute atomic E-state index is 12.4. The molecule has 5 nitrogen and oxygen atoms in total. The van der Waals surface area contributed by atoms with Crippen molar-refractivity contribution in [1.29, 1.82) is 0 Å². The van der Waals surface area contributed by atoms with E-state index in [9.17, 15) is 14.7 Å². The first kappa shape index (κ1) is 15.0. The molecule has 1 fully saturated rings. The van der Waals surface area contributed by atoms with Gasteiger partial charge < -0.3 is 14.7 Å². The summed E-state index contributed by atoms with van der Waals surface area (Å²) in [5.41, 5.74) is 0.979. The van der Waals surface area contributed by atoms with Gasteiger partial charge in [0.05, 0.1) is 25.7 Å². The molecule has 1 aromatic heterocycles. The largest absolute Gasteiger partial charge is 0.481 e. The molecule has 0 saturated carbocycles. The molecule has 2 atom stereocenters. The van der Waals surface area contributed by atoms with E-state index in [1.54, 1.807) is 16.2 Å². The lowest BCUT2D eigenvalue weighted by molar-refractivity contribution is -0.145. The van der Waals surface area contributed by atoms with Gasteiger partial charge in [0.2, 0.25) is 5.91 Å². The minimum absolute atomic E-state index is 0.0213. The van der Waals surface area contributed by atoms with Crippen molar-refractivity contribution in [2.45, 2.75) is 25.8 Å². The summed E-state index contributed by atoms with van der Waals surface area (Å²) in [5.74, 6) is -1.53. The predicted octanol–water partition coefficient (Wildman–Crippen LogP) is 1.63. The highest BCUT2D eigenvalue weighted by molar-refractivity contribution is 7.07. The second kappa shape index (κ2) is 6.85. The van der Waals surface area contributed by atoms with E-state index in [1.807, 2.05) is 23.8 Å². The molecule has 6 heteroatoms. The van der Waals surface area contributed by atoms with E-state index in [-0.39, 0.29) is 18.6 Å². The number of carboxylic acid groups (broad SMARTS) is 1. The van der Waals surface area contributed by atoms with Crippen molar-refractivity contribution in [2.75, 3.05) is 19.8 Å². The topological polar surface area (TPSA) is 66.8 Å². The van der Waals surface area contributed by atoms with E-state index in [1.165, 1.54) is 0 Å². The highest BCUT2D eigenvalue weighted by atomic mass is 32.1. The Balaban J connectivity index is 2.09. The number of ether oxygens (including phenoxy) is 1. The van der Waals surface area contributed by atoms with Crippen molar-refractivity contribution in [1.82, 2.24) is 4.90 Å². The maximum atomic E-state index is 12.4. The predicted molar refractivity (Wildman–Crippen MR) is 75.8 cm³/mol. The average molecular weight is 297 g/mol. The monoisotopic (exact) mass is 297 g/mol. The van der Waals surface area contributed by atoms with Crippen LogP contribution in [0.4, 0.5) is 0 Å². The van der Waals surface area contributed by atoms with Gasteiger partial charge >= 0.3 is 5.97 Å². The van der Waals surface area contributed by atoms with E-state index in [0.29, 0.717) is 19.6 Å². The first-order chi connectivity index (χ1) is 9.63. The fraction of sp³-hybridized carbons (Fsp3) is 0.571. The first-order valence-corrected chi connectivity index (χ1v) is 7.68. The van der Waals surface area contributed by atoms with Crippen LogP contribution >= 0.6 is 11.3 Å². The number of rotatable bonds is 6. The number of aliphatic carboxylic acids is 1. The Bertz CT molecular complexity index is 460. The van der Waals surface area contributed by atoms with Gasteiger partial charge in [-0.25, -0.2) is 0 Å². The lowest BCUT2D eigenvalue weighted by atomic mass is 10.0. The molecule has 1 N–H and O–H groups in total. The fourth-order valence-electron chi connectivity index (χ4n) is 2.47. The van der Waals surface area contributed by atoms with Gasteiger partial charge in [-0.1, -0.05) is 6.92 Å². The van der Waals surface area contributed by atoms with Crippen LogP contribution in [0.5, 0.6) is 0 Å². The summed E-state index contributed by atoms with van der Waals surface area (Å²) in [5, 5.41) is 13.1. The van der Waals surface area contributed by atoms with E-state index in [4.69, 9.17) is 4.74 Å². The SMILES string of the molecule is CCCN(C(=O)Cc1ccsc1)C1COCC1C(=O)O. The molecule has 110 valence electrons. The van der Waals surface area contributed by atoms with Crippen LogP contribution in [-0.2, 0) is 20.7 Å². The number of hydrogen-bond acceptors (Lipinski definition) is 4. The molecule has 1 aliphatic heterocycles. The highest BCUT2D eigenvalue weighted by Crippen LogP contribution is 2.22. The van der Waals surface area contributed by atoms with Crippen molar-refractivity contribution >= 4 is 23.2 Å². The molecule has 0 spiro atoms. The van der Waals surface area contributed by atoms with Crippen LogP contribution in [0.3, 0.4) is 0 Å². The number of hydrogen-bond donors (Lipinski definition) is 1. The summed E-state index contributed by atoms with van der Waals surface area (Å²) >= 11 is 1.55. The Kier molecular flexibility index (Phi) is 5.14. The summed E-state index contributed by atoms with van der Waals surface area (Å²) in [6.07, 6.45) is 1.13. The number of carboxylic acids is 1. The Hall–Kier alpha value is -1.40. The second-order valence-electron chi connectivity index (χ2n) is 4.95. The molecular formula is C14H19NO4S. The van der Waals surface area contributed by atoms with Crippen LogP contribution < -0.4 is 0 Å². The average Bonchev–Trinajstić information content (AvgIpc) is 3.06. The Morgan fingerprint density at radius 3 is 2.90 bits per heavy atom. The summed E-state index contributed by atoms with van der Waals surface area (Å²) in [6, 6.07) is 1.57. The molecular weight excluding hydrogens is 278 g/mol. The number of amides is 1. The number of nitrogens with zero attached hydrogens (tertiary/aromatic N) is 1. The fourth-order valence-corrected chi connectivity index (χ4v) is 3.14. The van der Waals surface area contributed by atoms with Gasteiger partial charge in [0, 0.05) is 6.54 Å². The third-order valence-electron chi connectivity index (χ3n) is 3.49. The van der Waals surface area contributed by atoms with Crippen molar-refractivity contribution < 1.29 is 19.4 Å². The van der Waals surface area contributed by atoms with Crippen LogP contribution in [0.2, 0.25) is 0 Å². The normalized spacial score (nSPS) is 21.9. The van der Waals surface area contributed by atoms with Crippen LogP contribution in [0.15, 0.2) is 16.8 Å². The minimum atomic E-state index is -0.892. The molecule has 1 saturated heterocycles. The summed E-state index contributed by atoms with van der Waals surface area (Å²) in [7, 11) is 0. The Morgan fingerprint density at radius 1 is 1.50 bits per heavy atom. The van der Waals surface area contributed by atoms with Crippen molar-refractivity contribution in [3.63, 3.8) is 0 Å². The van der Waals surface area contributed by atoms with E-state index in [0.717, 1.165) is 12.0 Å². The molecule has 0 bridgehead atoms. The lowest BCUT2D eigenvalue weighted by Gasteiger charge is -2.30. The molecule has 0 radical (unpaired) electrons. The molecule has 2 rings (SSSR count). The molecule has 2 heterocycles. The quantitative estimate of drug-likeness (QED) is 0.866. The molecule has 0 aliphatic carbocycles. The number of carbonyl (C=O) groups is 2. The molecule has 2 unspecified atom stereocenters. The van der Waals surface area contributed by atoms with Crippen LogP contribution in [-0.4, -0.2) is 47.7 Å². The van der Waals surface area contributed by atoms with Crippen LogP contribution in [0.25, 0.3) is 0 Å². The molecule has 1 aromatic rings. The maximum Gasteiger partial charge on any atom is 0.311 e. The van der Waals surface area contributed by atoms with Crippen LogP contribution in [0, 0.1) is 5.92 Å². The third-order valence-corrected chi connectivity index (χ3v) is 4.22. The van der Waals surface area contributed by atoms with Gasteiger partial charge in [-0.15, -0.1) is 0 Å². The van der Waals surface area contributed by atoms with E-state index >= 15 is 0 Å². The van der Waals surface area contributed by atoms with Gasteiger partial charge in [-0.3, -0.25) is 9.59 Å². The molecule has 20 heavy (non-hydrogen) atoms. The van der Waals surface area contributed by atoms with Crippen molar-refractivity contribution in [3.8, 4) is 0 Å². The Morgan fingerprint density at radius 2 is 2.30 bits per heavy atom. The summed E-state index contributed by atoms with van der Waals surface area (Å²) in [6.45, 7) is 3.05. The number of thiophene rings is 1. The molecule has 1 amide bonds. The van der Waals surface area contributed by atoms with Crippen molar-refractivity contribution in [3.05, 3.63) is 22.4 Å². The zero-order valence-corrected chi connectivity index (χ0v) is 12.3. The first-order valence-electron chi connectivity index (χ1n) is 6.74.